The summed E-state index contributed by atoms with van der Waals surface area (Å²) < 4.78 is 0. The molecule has 18 heavy (non-hydrogen) atoms. The van der Waals surface area contributed by atoms with Gasteiger partial charge in [-0.2, -0.15) is 0 Å². The summed E-state index contributed by atoms with van der Waals surface area (Å²) in [6.07, 6.45) is 5.57. The molecule has 2 rings (SSSR count). The van der Waals surface area contributed by atoms with E-state index in [0.717, 1.165) is 38.8 Å². The van der Waals surface area contributed by atoms with Crippen molar-refractivity contribution in [1.82, 2.24) is 9.80 Å². The molecule has 1 saturated heterocycles. The summed E-state index contributed by atoms with van der Waals surface area (Å²) in [7, 11) is 1.89. The van der Waals surface area contributed by atoms with Crippen LogP contribution in [0.5, 0.6) is 0 Å². The Morgan fingerprint density at radius 3 is 2.39 bits per heavy atom. The summed E-state index contributed by atoms with van der Waals surface area (Å²) in [6.45, 7) is 1.91. The Kier molecular flexibility index (Phi) is 4.22. The van der Waals surface area contributed by atoms with Crippen LogP contribution in [-0.4, -0.2) is 54.3 Å². The summed E-state index contributed by atoms with van der Waals surface area (Å²) in [5.74, 6) is 0.0726. The summed E-state index contributed by atoms with van der Waals surface area (Å²) in [6, 6.07) is -0.328. The maximum Gasteiger partial charge on any atom is 0.236 e. The zero-order chi connectivity index (χ0) is 13.1. The molecular weight excluding hydrogens is 230 g/mol. The molecule has 1 unspecified atom stereocenters. The van der Waals surface area contributed by atoms with Crippen molar-refractivity contribution in [2.24, 2.45) is 11.7 Å². The number of piperazine rings is 1. The van der Waals surface area contributed by atoms with Gasteiger partial charge in [-0.1, -0.05) is 19.3 Å². The van der Waals surface area contributed by atoms with Gasteiger partial charge >= 0.3 is 0 Å². The largest absolute Gasteiger partial charge is 0.368 e. The number of primary amides is 1. The van der Waals surface area contributed by atoms with Gasteiger partial charge in [0, 0.05) is 25.6 Å². The zero-order valence-corrected chi connectivity index (χ0v) is 11.1. The fourth-order valence-corrected chi connectivity index (χ4v) is 2.99. The van der Waals surface area contributed by atoms with E-state index < -0.39 is 0 Å². The number of hydrogen-bond donors (Lipinski definition) is 1. The Bertz CT molecular complexity index is 326. The van der Waals surface area contributed by atoms with Crippen molar-refractivity contribution >= 4 is 11.8 Å². The predicted molar refractivity (Wildman–Crippen MR) is 68.8 cm³/mol. The first-order valence-corrected chi connectivity index (χ1v) is 6.88. The zero-order valence-electron chi connectivity index (χ0n) is 11.1. The summed E-state index contributed by atoms with van der Waals surface area (Å²) in [5.41, 5.74) is 5.38. The van der Waals surface area contributed by atoms with Crippen molar-refractivity contribution in [3.8, 4) is 0 Å². The first-order chi connectivity index (χ1) is 8.59. The molecule has 0 radical (unpaired) electrons. The SMILES string of the molecule is CN1CCN(C(=O)C2CCCCC2)CC1C(N)=O. The molecule has 2 fully saturated rings. The van der Waals surface area contributed by atoms with Crippen LogP contribution in [0, 0.1) is 5.92 Å². The summed E-state index contributed by atoms with van der Waals surface area (Å²) in [5, 5.41) is 0. The molecule has 5 heteroatoms. The van der Waals surface area contributed by atoms with Crippen LogP contribution in [0.2, 0.25) is 0 Å². The Morgan fingerprint density at radius 1 is 1.11 bits per heavy atom. The van der Waals surface area contributed by atoms with Crippen molar-refractivity contribution in [2.75, 3.05) is 26.7 Å². The highest BCUT2D eigenvalue weighted by Crippen LogP contribution is 2.26. The summed E-state index contributed by atoms with van der Waals surface area (Å²) in [4.78, 5) is 27.5. The Hall–Kier alpha value is -1.10. The maximum absolute atomic E-state index is 12.4. The average Bonchev–Trinajstić information content (AvgIpc) is 2.39. The van der Waals surface area contributed by atoms with Gasteiger partial charge < -0.3 is 10.6 Å². The summed E-state index contributed by atoms with van der Waals surface area (Å²) >= 11 is 0. The molecule has 2 N–H and O–H groups in total. The number of rotatable bonds is 2. The monoisotopic (exact) mass is 253 g/mol. The molecule has 0 aromatic carbocycles. The third kappa shape index (κ3) is 2.83. The first-order valence-electron chi connectivity index (χ1n) is 6.88. The van der Waals surface area contributed by atoms with E-state index in [2.05, 4.69) is 0 Å². The van der Waals surface area contributed by atoms with E-state index in [-0.39, 0.29) is 23.8 Å². The van der Waals surface area contributed by atoms with E-state index in [1.54, 1.807) is 0 Å². The number of carbonyl (C=O) groups is 2. The van der Waals surface area contributed by atoms with Gasteiger partial charge in [-0.25, -0.2) is 0 Å². The third-order valence-corrected chi connectivity index (χ3v) is 4.24. The number of nitrogens with zero attached hydrogens (tertiary/aromatic N) is 2. The van der Waals surface area contributed by atoms with Gasteiger partial charge in [0.15, 0.2) is 0 Å². The molecular formula is C13H23N3O2. The van der Waals surface area contributed by atoms with E-state index in [9.17, 15) is 9.59 Å². The van der Waals surface area contributed by atoms with Crippen molar-refractivity contribution in [2.45, 2.75) is 38.1 Å². The molecule has 0 aromatic rings. The van der Waals surface area contributed by atoms with Crippen molar-refractivity contribution in [3.05, 3.63) is 0 Å². The highest BCUT2D eigenvalue weighted by atomic mass is 16.2. The van der Waals surface area contributed by atoms with Crippen LogP contribution in [0.25, 0.3) is 0 Å². The quantitative estimate of drug-likeness (QED) is 0.764. The van der Waals surface area contributed by atoms with Crippen LogP contribution in [0.1, 0.15) is 32.1 Å². The number of likely N-dealkylation sites (N-methyl/N-ethyl adjacent to an activating group) is 1. The fourth-order valence-electron chi connectivity index (χ4n) is 2.99. The minimum absolute atomic E-state index is 0.177. The van der Waals surface area contributed by atoms with Crippen molar-refractivity contribution in [3.63, 3.8) is 0 Å². The highest BCUT2D eigenvalue weighted by molar-refractivity contribution is 5.83. The maximum atomic E-state index is 12.4. The lowest BCUT2D eigenvalue weighted by Gasteiger charge is -2.39. The van der Waals surface area contributed by atoms with E-state index in [1.807, 2.05) is 16.8 Å². The van der Waals surface area contributed by atoms with Crippen LogP contribution in [0.4, 0.5) is 0 Å². The fraction of sp³-hybridized carbons (Fsp3) is 0.846. The minimum atomic E-state index is -0.335. The van der Waals surface area contributed by atoms with Gasteiger partial charge in [-0.15, -0.1) is 0 Å². The van der Waals surface area contributed by atoms with E-state index >= 15 is 0 Å². The van der Waals surface area contributed by atoms with Gasteiger partial charge in [-0.05, 0) is 19.9 Å². The van der Waals surface area contributed by atoms with Gasteiger partial charge in [-0.3, -0.25) is 14.5 Å². The molecule has 5 nitrogen and oxygen atoms in total. The lowest BCUT2D eigenvalue weighted by Crippen LogP contribution is -2.58. The van der Waals surface area contributed by atoms with Crippen LogP contribution in [-0.2, 0) is 9.59 Å². The van der Waals surface area contributed by atoms with Crippen LogP contribution < -0.4 is 5.73 Å². The van der Waals surface area contributed by atoms with Crippen LogP contribution in [0.3, 0.4) is 0 Å². The number of carbonyl (C=O) groups excluding carboxylic acids is 2. The van der Waals surface area contributed by atoms with E-state index in [4.69, 9.17) is 5.73 Å². The topological polar surface area (TPSA) is 66.6 Å². The second-order valence-corrected chi connectivity index (χ2v) is 5.52. The van der Waals surface area contributed by atoms with Crippen molar-refractivity contribution < 1.29 is 9.59 Å². The normalized spacial score (nSPS) is 27.2. The van der Waals surface area contributed by atoms with Crippen molar-refractivity contribution in [1.29, 1.82) is 0 Å². The Labute approximate surface area is 108 Å². The molecule has 1 saturated carbocycles. The smallest absolute Gasteiger partial charge is 0.236 e. The van der Waals surface area contributed by atoms with E-state index in [1.165, 1.54) is 6.42 Å². The molecule has 0 bridgehead atoms. The molecule has 102 valence electrons. The average molecular weight is 253 g/mol. The Balaban J connectivity index is 1.96. The third-order valence-electron chi connectivity index (χ3n) is 4.24. The molecule has 1 aliphatic heterocycles. The van der Waals surface area contributed by atoms with Gasteiger partial charge in [0.05, 0.1) is 0 Å². The lowest BCUT2D eigenvalue weighted by molar-refractivity contribution is -0.141. The lowest BCUT2D eigenvalue weighted by atomic mass is 9.88. The minimum Gasteiger partial charge on any atom is -0.368 e. The Morgan fingerprint density at radius 2 is 1.78 bits per heavy atom. The van der Waals surface area contributed by atoms with Crippen LogP contribution in [0.15, 0.2) is 0 Å². The number of nitrogens with two attached hydrogens (primary N) is 1. The molecule has 1 heterocycles. The molecule has 0 aromatic heterocycles. The first kappa shape index (κ1) is 13.3. The highest BCUT2D eigenvalue weighted by Gasteiger charge is 2.33. The van der Waals surface area contributed by atoms with Gasteiger partial charge in [0.25, 0.3) is 0 Å². The van der Waals surface area contributed by atoms with E-state index in [0.29, 0.717) is 6.54 Å². The van der Waals surface area contributed by atoms with Gasteiger partial charge in [0.1, 0.15) is 6.04 Å². The predicted octanol–water partition coefficient (Wildman–Crippen LogP) is 0.195. The number of amides is 2. The van der Waals surface area contributed by atoms with Crippen LogP contribution >= 0.6 is 0 Å². The molecule has 1 atom stereocenters. The standard InChI is InChI=1S/C13H23N3O2/c1-15-7-8-16(9-11(15)12(14)17)13(18)10-5-3-2-4-6-10/h10-11H,2-9H2,1H3,(H2,14,17). The molecule has 0 spiro atoms. The molecule has 2 aliphatic rings. The molecule has 2 amide bonds. The van der Waals surface area contributed by atoms with Gasteiger partial charge in [0.2, 0.25) is 11.8 Å². The number of hydrogen-bond acceptors (Lipinski definition) is 3. The second kappa shape index (κ2) is 5.69. The molecule has 1 aliphatic carbocycles. The second-order valence-electron chi connectivity index (χ2n) is 5.52.